The highest BCUT2D eigenvalue weighted by molar-refractivity contribution is 7.92. The molecule has 10 heteroatoms. The van der Waals surface area contributed by atoms with Gasteiger partial charge in [0.1, 0.15) is 10.6 Å². The number of rotatable bonds is 6. The van der Waals surface area contributed by atoms with Gasteiger partial charge in [0, 0.05) is 23.2 Å². The SMILES string of the molecule is CCOC(=O)c1[nH]c(C)c(S(=O)(=O)Nc2ccc(S(C)(=O)=O)cc2)c1C. The van der Waals surface area contributed by atoms with Crippen LogP contribution in [0.15, 0.2) is 34.1 Å². The van der Waals surface area contributed by atoms with Gasteiger partial charge in [-0.2, -0.15) is 0 Å². The molecule has 2 aromatic rings. The number of esters is 1. The number of aromatic amines is 1. The predicted molar refractivity (Wildman–Crippen MR) is 96.6 cm³/mol. The minimum atomic E-state index is -3.99. The van der Waals surface area contributed by atoms with Gasteiger partial charge in [-0.25, -0.2) is 21.6 Å². The van der Waals surface area contributed by atoms with Crippen LogP contribution in [0.4, 0.5) is 5.69 Å². The number of H-pyrrole nitrogens is 1. The van der Waals surface area contributed by atoms with E-state index in [0.29, 0.717) is 5.69 Å². The molecule has 0 aliphatic heterocycles. The molecular formula is C16H20N2O6S2. The number of sulfone groups is 1. The highest BCUT2D eigenvalue weighted by atomic mass is 32.2. The van der Waals surface area contributed by atoms with Crippen molar-refractivity contribution in [2.75, 3.05) is 17.6 Å². The number of aryl methyl sites for hydroxylation is 1. The molecule has 0 saturated heterocycles. The summed E-state index contributed by atoms with van der Waals surface area (Å²) in [6.45, 7) is 4.87. The lowest BCUT2D eigenvalue weighted by atomic mass is 10.2. The number of ether oxygens (including phenoxy) is 1. The molecule has 2 rings (SSSR count). The Morgan fingerprint density at radius 2 is 1.69 bits per heavy atom. The minimum Gasteiger partial charge on any atom is -0.461 e. The molecule has 1 aromatic carbocycles. The van der Waals surface area contributed by atoms with E-state index in [4.69, 9.17) is 4.74 Å². The van der Waals surface area contributed by atoms with Crippen molar-refractivity contribution in [3.63, 3.8) is 0 Å². The van der Waals surface area contributed by atoms with Crippen LogP contribution in [0.25, 0.3) is 0 Å². The summed E-state index contributed by atoms with van der Waals surface area (Å²) in [6.07, 6.45) is 1.07. The van der Waals surface area contributed by atoms with Crippen LogP contribution in [-0.4, -0.2) is 40.7 Å². The van der Waals surface area contributed by atoms with E-state index in [2.05, 4.69) is 9.71 Å². The monoisotopic (exact) mass is 400 g/mol. The van der Waals surface area contributed by atoms with Crippen LogP contribution in [0.3, 0.4) is 0 Å². The highest BCUT2D eigenvalue weighted by Crippen LogP contribution is 2.26. The Labute approximate surface area is 152 Å². The maximum atomic E-state index is 12.7. The second kappa shape index (κ2) is 7.12. The van der Waals surface area contributed by atoms with Gasteiger partial charge >= 0.3 is 5.97 Å². The molecule has 1 aromatic heterocycles. The quantitative estimate of drug-likeness (QED) is 0.715. The first-order chi connectivity index (χ1) is 12.0. The maximum absolute atomic E-state index is 12.7. The number of carbonyl (C=O) groups excluding carboxylic acids is 1. The summed E-state index contributed by atoms with van der Waals surface area (Å²) in [7, 11) is -7.36. The van der Waals surface area contributed by atoms with Gasteiger partial charge in [-0.1, -0.05) is 0 Å². The lowest BCUT2D eigenvalue weighted by molar-refractivity contribution is 0.0519. The molecule has 0 spiro atoms. The average molecular weight is 400 g/mol. The van der Waals surface area contributed by atoms with E-state index >= 15 is 0 Å². The number of hydrogen-bond donors (Lipinski definition) is 2. The van der Waals surface area contributed by atoms with Crippen LogP contribution >= 0.6 is 0 Å². The van der Waals surface area contributed by atoms with Crippen molar-refractivity contribution in [2.45, 2.75) is 30.6 Å². The molecule has 2 N–H and O–H groups in total. The summed E-state index contributed by atoms with van der Waals surface area (Å²) in [4.78, 5) is 14.7. The average Bonchev–Trinajstić information content (AvgIpc) is 2.82. The van der Waals surface area contributed by atoms with Crippen LogP contribution in [-0.2, 0) is 24.6 Å². The molecule has 0 amide bonds. The van der Waals surface area contributed by atoms with Gasteiger partial charge in [0.15, 0.2) is 9.84 Å². The fourth-order valence-electron chi connectivity index (χ4n) is 2.52. The normalized spacial score (nSPS) is 12.0. The fourth-order valence-corrected chi connectivity index (χ4v) is 4.66. The van der Waals surface area contributed by atoms with E-state index < -0.39 is 25.8 Å². The van der Waals surface area contributed by atoms with Gasteiger partial charge in [-0.05, 0) is 45.0 Å². The molecule has 0 fully saturated rings. The van der Waals surface area contributed by atoms with Crippen LogP contribution in [0, 0.1) is 13.8 Å². The molecule has 0 aliphatic carbocycles. The van der Waals surface area contributed by atoms with Crippen LogP contribution in [0.5, 0.6) is 0 Å². The van der Waals surface area contributed by atoms with E-state index in [1.165, 1.54) is 38.1 Å². The fraction of sp³-hybridized carbons (Fsp3) is 0.312. The van der Waals surface area contributed by atoms with Crippen LogP contribution in [0.1, 0.15) is 28.7 Å². The van der Waals surface area contributed by atoms with Crippen molar-refractivity contribution in [1.29, 1.82) is 0 Å². The van der Waals surface area contributed by atoms with Crippen molar-refractivity contribution in [3.8, 4) is 0 Å². The second-order valence-corrected chi connectivity index (χ2v) is 9.34. The number of sulfonamides is 1. The topological polar surface area (TPSA) is 122 Å². The number of carbonyl (C=O) groups is 1. The lowest BCUT2D eigenvalue weighted by Gasteiger charge is -2.09. The van der Waals surface area contributed by atoms with Crippen molar-refractivity contribution in [3.05, 3.63) is 41.2 Å². The third-order valence-electron chi connectivity index (χ3n) is 3.65. The molecule has 142 valence electrons. The minimum absolute atomic E-state index is 0.0484. The van der Waals surface area contributed by atoms with Gasteiger partial charge in [0.2, 0.25) is 0 Å². The molecule has 8 nitrogen and oxygen atoms in total. The van der Waals surface area contributed by atoms with E-state index in [9.17, 15) is 21.6 Å². The van der Waals surface area contributed by atoms with Crippen LogP contribution < -0.4 is 4.72 Å². The van der Waals surface area contributed by atoms with Gasteiger partial charge < -0.3 is 9.72 Å². The Bertz CT molecular complexity index is 1040. The zero-order valence-electron chi connectivity index (χ0n) is 14.8. The molecule has 0 atom stereocenters. The molecule has 26 heavy (non-hydrogen) atoms. The number of anilines is 1. The van der Waals surface area contributed by atoms with Gasteiger partial charge in [-0.15, -0.1) is 0 Å². The number of aromatic nitrogens is 1. The molecule has 0 unspecified atom stereocenters. The van der Waals surface area contributed by atoms with Crippen molar-refractivity contribution >= 4 is 31.5 Å². The summed E-state index contributed by atoms with van der Waals surface area (Å²) >= 11 is 0. The Balaban J connectivity index is 2.38. The molecule has 0 radical (unpaired) electrons. The Hall–Kier alpha value is -2.33. The smallest absolute Gasteiger partial charge is 0.355 e. The molecule has 1 heterocycles. The second-order valence-electron chi connectivity index (χ2n) is 5.70. The zero-order valence-corrected chi connectivity index (χ0v) is 16.4. The summed E-state index contributed by atoms with van der Waals surface area (Å²) in [5.74, 6) is -0.632. The molecule has 0 bridgehead atoms. The first-order valence-corrected chi connectivity index (χ1v) is 11.0. The Kier molecular flexibility index (Phi) is 5.47. The van der Waals surface area contributed by atoms with Gasteiger partial charge in [0.25, 0.3) is 10.0 Å². The van der Waals surface area contributed by atoms with E-state index in [1.807, 2.05) is 0 Å². The zero-order chi connectivity index (χ0) is 19.7. The third-order valence-corrected chi connectivity index (χ3v) is 6.43. The first kappa shape index (κ1) is 20.0. The summed E-state index contributed by atoms with van der Waals surface area (Å²) < 4.78 is 55.7. The summed E-state index contributed by atoms with van der Waals surface area (Å²) in [5, 5.41) is 0. The maximum Gasteiger partial charge on any atom is 0.355 e. The van der Waals surface area contributed by atoms with Gasteiger partial charge in [0.05, 0.1) is 11.5 Å². The first-order valence-electron chi connectivity index (χ1n) is 7.66. The van der Waals surface area contributed by atoms with Gasteiger partial charge in [-0.3, -0.25) is 4.72 Å². The molecule has 0 saturated carbocycles. The number of nitrogens with one attached hydrogen (secondary N) is 2. The molecule has 0 aliphatic rings. The molecular weight excluding hydrogens is 380 g/mol. The van der Waals surface area contributed by atoms with Crippen LogP contribution in [0.2, 0.25) is 0 Å². The Morgan fingerprint density at radius 1 is 1.12 bits per heavy atom. The highest BCUT2D eigenvalue weighted by Gasteiger charge is 2.27. The predicted octanol–water partition coefficient (Wildman–Crippen LogP) is 2.01. The van der Waals surface area contributed by atoms with E-state index in [1.54, 1.807) is 6.92 Å². The lowest BCUT2D eigenvalue weighted by Crippen LogP contribution is -2.15. The largest absolute Gasteiger partial charge is 0.461 e. The number of benzene rings is 1. The van der Waals surface area contributed by atoms with Crippen molar-refractivity contribution in [2.24, 2.45) is 0 Å². The summed E-state index contributed by atoms with van der Waals surface area (Å²) in [6, 6.07) is 5.34. The van der Waals surface area contributed by atoms with Crippen molar-refractivity contribution in [1.82, 2.24) is 4.98 Å². The number of hydrogen-bond acceptors (Lipinski definition) is 6. The van der Waals surface area contributed by atoms with E-state index in [0.717, 1.165) is 6.26 Å². The standard InChI is InChI=1S/C16H20N2O6S2/c1-5-24-16(19)14-10(2)15(11(3)17-14)26(22,23)18-12-6-8-13(9-7-12)25(4,20)21/h6-9,17-18H,5H2,1-4H3. The van der Waals surface area contributed by atoms with E-state index in [-0.39, 0.29) is 33.3 Å². The van der Waals surface area contributed by atoms with Crippen molar-refractivity contribution < 1.29 is 26.4 Å². The Morgan fingerprint density at radius 3 is 2.19 bits per heavy atom. The summed E-state index contributed by atoms with van der Waals surface area (Å²) in [5.41, 5.74) is 0.833. The third kappa shape index (κ3) is 4.07.